The summed E-state index contributed by atoms with van der Waals surface area (Å²) in [6.07, 6.45) is 4.54. The van der Waals surface area contributed by atoms with Gasteiger partial charge in [0.25, 0.3) is 11.8 Å². The number of carbonyl (C=O) groups excluding carboxylic acids is 2. The van der Waals surface area contributed by atoms with Crippen LogP contribution in [0.1, 0.15) is 29.8 Å². The van der Waals surface area contributed by atoms with Crippen LogP contribution in [0.4, 0.5) is 5.69 Å². The molecule has 1 aliphatic carbocycles. The van der Waals surface area contributed by atoms with Crippen molar-refractivity contribution in [1.82, 2.24) is 5.32 Å². The number of furan rings is 1. The molecule has 1 saturated carbocycles. The van der Waals surface area contributed by atoms with Crippen molar-refractivity contribution in [3.63, 3.8) is 0 Å². The zero-order valence-electron chi connectivity index (χ0n) is 14.9. The predicted molar refractivity (Wildman–Crippen MR) is 104 cm³/mol. The molecule has 0 spiro atoms. The van der Waals surface area contributed by atoms with Crippen molar-refractivity contribution in [2.45, 2.75) is 25.3 Å². The molecule has 7 nitrogen and oxygen atoms in total. The Morgan fingerprint density at radius 1 is 1.22 bits per heavy atom. The lowest BCUT2D eigenvalue weighted by Gasteiger charge is -2.19. The highest BCUT2D eigenvalue weighted by Crippen LogP contribution is 2.24. The van der Waals surface area contributed by atoms with Crippen LogP contribution in [-0.4, -0.2) is 31.0 Å². The molecular formula is C19H24ClN3O4. The Bertz CT molecular complexity index is 751. The fraction of sp³-hybridized carbons (Fsp3) is 0.368. The van der Waals surface area contributed by atoms with Crippen LogP contribution >= 0.6 is 12.4 Å². The molecule has 146 valence electrons. The first-order chi connectivity index (χ1) is 12.7. The number of halogens is 1. The summed E-state index contributed by atoms with van der Waals surface area (Å²) in [5, 5.41) is 5.71. The molecule has 1 aliphatic rings. The van der Waals surface area contributed by atoms with Gasteiger partial charge >= 0.3 is 0 Å². The van der Waals surface area contributed by atoms with E-state index in [2.05, 4.69) is 10.6 Å². The molecule has 1 heterocycles. The minimum absolute atomic E-state index is 0. The Morgan fingerprint density at radius 3 is 2.81 bits per heavy atom. The minimum atomic E-state index is -0.348. The Kier molecular flexibility index (Phi) is 7.69. The molecule has 2 unspecified atom stereocenters. The molecule has 0 saturated heterocycles. The molecule has 1 aromatic carbocycles. The summed E-state index contributed by atoms with van der Waals surface area (Å²) < 4.78 is 10.6. The minimum Gasteiger partial charge on any atom is -0.484 e. The SMILES string of the molecule is Cl.NCC1CCCC1NC(=O)COc1cccc(NC(=O)c2ccco2)c1. The van der Waals surface area contributed by atoms with E-state index in [9.17, 15) is 9.59 Å². The number of amides is 2. The summed E-state index contributed by atoms with van der Waals surface area (Å²) in [4.78, 5) is 24.1. The van der Waals surface area contributed by atoms with E-state index in [0.717, 1.165) is 19.3 Å². The number of ether oxygens (including phenoxy) is 1. The van der Waals surface area contributed by atoms with Gasteiger partial charge in [-0.15, -0.1) is 12.4 Å². The number of nitrogens with one attached hydrogen (secondary N) is 2. The molecule has 1 aromatic heterocycles. The Balaban J connectivity index is 0.00000261. The van der Waals surface area contributed by atoms with E-state index in [1.54, 1.807) is 36.4 Å². The van der Waals surface area contributed by atoms with Crippen LogP contribution in [0, 0.1) is 5.92 Å². The number of hydrogen-bond donors (Lipinski definition) is 3. The fourth-order valence-corrected chi connectivity index (χ4v) is 3.17. The first-order valence-corrected chi connectivity index (χ1v) is 8.73. The number of hydrogen-bond acceptors (Lipinski definition) is 5. The van der Waals surface area contributed by atoms with Crippen LogP contribution in [0.25, 0.3) is 0 Å². The second-order valence-electron chi connectivity index (χ2n) is 6.35. The molecule has 0 aliphatic heterocycles. The molecule has 1 fully saturated rings. The predicted octanol–water partition coefficient (Wildman–Crippen LogP) is 2.58. The largest absolute Gasteiger partial charge is 0.484 e. The van der Waals surface area contributed by atoms with E-state index in [-0.39, 0.29) is 42.6 Å². The Hall–Kier alpha value is -2.51. The molecule has 0 bridgehead atoms. The van der Waals surface area contributed by atoms with Crippen molar-refractivity contribution in [1.29, 1.82) is 0 Å². The number of rotatable bonds is 7. The first-order valence-electron chi connectivity index (χ1n) is 8.73. The summed E-state index contributed by atoms with van der Waals surface area (Å²) in [7, 11) is 0. The zero-order chi connectivity index (χ0) is 18.4. The molecule has 2 aromatic rings. The molecule has 0 radical (unpaired) electrons. The summed E-state index contributed by atoms with van der Waals surface area (Å²) >= 11 is 0. The average molecular weight is 394 g/mol. The monoisotopic (exact) mass is 393 g/mol. The van der Waals surface area contributed by atoms with Gasteiger partial charge in [-0.1, -0.05) is 12.5 Å². The first kappa shape index (κ1) is 20.8. The number of nitrogens with two attached hydrogens (primary N) is 1. The zero-order valence-corrected chi connectivity index (χ0v) is 15.7. The number of anilines is 1. The molecular weight excluding hydrogens is 370 g/mol. The Labute approximate surface area is 164 Å². The standard InChI is InChI=1S/C19H23N3O4.ClH/c20-11-13-4-1-7-16(13)22-18(23)12-26-15-6-2-5-14(10-15)21-19(24)17-8-3-9-25-17;/h2-3,5-6,8-10,13,16H,1,4,7,11-12,20H2,(H,21,24)(H,22,23);1H. The summed E-state index contributed by atoms with van der Waals surface area (Å²) in [5.41, 5.74) is 6.29. The van der Waals surface area contributed by atoms with E-state index in [1.807, 2.05) is 0 Å². The normalized spacial score (nSPS) is 18.4. The third-order valence-electron chi connectivity index (χ3n) is 4.52. The van der Waals surface area contributed by atoms with Gasteiger partial charge in [0.2, 0.25) is 0 Å². The van der Waals surface area contributed by atoms with Crippen molar-refractivity contribution >= 4 is 29.9 Å². The van der Waals surface area contributed by atoms with Crippen molar-refractivity contribution < 1.29 is 18.7 Å². The van der Waals surface area contributed by atoms with Crippen LogP contribution in [0.15, 0.2) is 47.1 Å². The number of carbonyl (C=O) groups is 2. The van der Waals surface area contributed by atoms with Crippen LogP contribution < -0.4 is 21.1 Å². The summed E-state index contributed by atoms with van der Waals surface area (Å²) in [6, 6.07) is 10.2. The van der Waals surface area contributed by atoms with Gasteiger partial charge in [-0.3, -0.25) is 9.59 Å². The van der Waals surface area contributed by atoms with Gasteiger partial charge in [0.15, 0.2) is 12.4 Å². The maximum Gasteiger partial charge on any atom is 0.291 e. The Morgan fingerprint density at radius 2 is 2.07 bits per heavy atom. The lowest BCUT2D eigenvalue weighted by Crippen LogP contribution is -2.42. The highest BCUT2D eigenvalue weighted by molar-refractivity contribution is 6.02. The van der Waals surface area contributed by atoms with Gasteiger partial charge in [-0.05, 0) is 49.6 Å². The van der Waals surface area contributed by atoms with Gasteiger partial charge in [0.05, 0.1) is 6.26 Å². The molecule has 27 heavy (non-hydrogen) atoms. The van der Waals surface area contributed by atoms with Gasteiger partial charge in [-0.25, -0.2) is 0 Å². The van der Waals surface area contributed by atoms with Gasteiger partial charge in [0, 0.05) is 17.8 Å². The molecule has 4 N–H and O–H groups in total. The molecule has 2 atom stereocenters. The van der Waals surface area contributed by atoms with E-state index < -0.39 is 0 Å². The van der Waals surface area contributed by atoms with Gasteiger partial charge < -0.3 is 25.5 Å². The smallest absolute Gasteiger partial charge is 0.291 e. The van der Waals surface area contributed by atoms with Crippen LogP contribution in [0.5, 0.6) is 5.75 Å². The fourth-order valence-electron chi connectivity index (χ4n) is 3.17. The highest BCUT2D eigenvalue weighted by atomic mass is 35.5. The summed E-state index contributed by atoms with van der Waals surface area (Å²) in [5.74, 6) is 0.555. The van der Waals surface area contributed by atoms with Crippen LogP contribution in [0.3, 0.4) is 0 Å². The van der Waals surface area contributed by atoms with E-state index in [1.165, 1.54) is 6.26 Å². The maximum atomic E-state index is 12.1. The van der Waals surface area contributed by atoms with Crippen molar-refractivity contribution in [3.05, 3.63) is 48.4 Å². The summed E-state index contributed by atoms with van der Waals surface area (Å²) in [6.45, 7) is 0.507. The lowest BCUT2D eigenvalue weighted by atomic mass is 10.0. The quantitative estimate of drug-likeness (QED) is 0.670. The van der Waals surface area contributed by atoms with Crippen molar-refractivity contribution in [2.75, 3.05) is 18.5 Å². The average Bonchev–Trinajstić information content (AvgIpc) is 3.32. The maximum absolute atomic E-state index is 12.1. The van der Waals surface area contributed by atoms with Crippen LogP contribution in [-0.2, 0) is 4.79 Å². The van der Waals surface area contributed by atoms with E-state index >= 15 is 0 Å². The topological polar surface area (TPSA) is 107 Å². The third kappa shape index (κ3) is 5.74. The van der Waals surface area contributed by atoms with Gasteiger partial charge in [0.1, 0.15) is 5.75 Å². The van der Waals surface area contributed by atoms with E-state index in [0.29, 0.717) is 23.9 Å². The number of benzene rings is 1. The van der Waals surface area contributed by atoms with E-state index in [4.69, 9.17) is 14.9 Å². The third-order valence-corrected chi connectivity index (χ3v) is 4.52. The van der Waals surface area contributed by atoms with Crippen LogP contribution in [0.2, 0.25) is 0 Å². The molecule has 2 amide bonds. The molecule has 3 rings (SSSR count). The molecule has 8 heteroatoms. The highest BCUT2D eigenvalue weighted by Gasteiger charge is 2.27. The second-order valence-corrected chi connectivity index (χ2v) is 6.35. The van der Waals surface area contributed by atoms with Crippen molar-refractivity contribution in [3.8, 4) is 5.75 Å². The lowest BCUT2D eigenvalue weighted by molar-refractivity contribution is -0.124. The van der Waals surface area contributed by atoms with Gasteiger partial charge in [-0.2, -0.15) is 0 Å². The second kappa shape index (κ2) is 9.99. The van der Waals surface area contributed by atoms with Crippen molar-refractivity contribution in [2.24, 2.45) is 11.7 Å².